The number of carbonyl (C=O) groups excluding carboxylic acids is 1. The molecule has 0 heterocycles. The number of carboxylic acid groups (broad SMARTS) is 1. The molecule has 5 nitrogen and oxygen atoms in total. The first-order valence-electron chi connectivity index (χ1n) is 5.28. The minimum absolute atomic E-state index is 0.0604. The first-order chi connectivity index (χ1) is 7.02. The fourth-order valence-corrected chi connectivity index (χ4v) is 2.00. The van der Waals surface area contributed by atoms with E-state index in [0.29, 0.717) is 13.0 Å². The molecule has 0 aliphatic heterocycles. The highest BCUT2D eigenvalue weighted by Gasteiger charge is 2.32. The van der Waals surface area contributed by atoms with Crippen molar-refractivity contribution in [2.45, 2.75) is 32.2 Å². The maximum absolute atomic E-state index is 11.2. The molecule has 5 heteroatoms. The third kappa shape index (κ3) is 3.20. The van der Waals surface area contributed by atoms with E-state index in [1.165, 1.54) is 0 Å². The Morgan fingerprint density at radius 2 is 2.20 bits per heavy atom. The smallest absolute Gasteiger partial charge is 0.306 e. The quantitative estimate of drug-likeness (QED) is 0.611. The van der Waals surface area contributed by atoms with Gasteiger partial charge in [0.2, 0.25) is 5.91 Å². The minimum atomic E-state index is -0.757. The first-order valence-corrected chi connectivity index (χ1v) is 5.28. The van der Waals surface area contributed by atoms with E-state index in [1.807, 2.05) is 0 Å². The van der Waals surface area contributed by atoms with Gasteiger partial charge >= 0.3 is 5.97 Å². The molecule has 1 fully saturated rings. The van der Waals surface area contributed by atoms with Crippen LogP contribution in [0.25, 0.3) is 0 Å². The molecule has 1 amide bonds. The summed E-state index contributed by atoms with van der Waals surface area (Å²) in [6, 6.07) is -0.533. The molecule has 1 aliphatic rings. The van der Waals surface area contributed by atoms with Gasteiger partial charge in [-0.1, -0.05) is 6.42 Å². The maximum Gasteiger partial charge on any atom is 0.306 e. The second-order valence-electron chi connectivity index (χ2n) is 4.17. The molecule has 1 rings (SSSR count). The van der Waals surface area contributed by atoms with E-state index in [9.17, 15) is 9.59 Å². The molecule has 0 aromatic heterocycles. The number of hydrogen-bond donors (Lipinski definition) is 3. The first kappa shape index (κ1) is 12.0. The molecule has 1 aliphatic carbocycles. The van der Waals surface area contributed by atoms with E-state index < -0.39 is 12.0 Å². The molecule has 0 saturated heterocycles. The predicted molar refractivity (Wildman–Crippen MR) is 55.1 cm³/mol. The number of nitrogens with two attached hydrogens (primary N) is 1. The summed E-state index contributed by atoms with van der Waals surface area (Å²) in [4.78, 5) is 22.0. The lowest BCUT2D eigenvalue weighted by Gasteiger charge is -2.17. The zero-order valence-corrected chi connectivity index (χ0v) is 8.90. The summed E-state index contributed by atoms with van der Waals surface area (Å²) in [5.41, 5.74) is 5.39. The Balaban J connectivity index is 2.38. The summed E-state index contributed by atoms with van der Waals surface area (Å²) in [6.45, 7) is 2.04. The zero-order valence-electron chi connectivity index (χ0n) is 8.90. The normalized spacial score (nSPS) is 27.3. The summed E-state index contributed by atoms with van der Waals surface area (Å²) in [7, 11) is 0. The van der Waals surface area contributed by atoms with Crippen molar-refractivity contribution < 1.29 is 14.7 Å². The molecule has 1 saturated carbocycles. The molecule has 15 heavy (non-hydrogen) atoms. The van der Waals surface area contributed by atoms with Gasteiger partial charge in [-0.25, -0.2) is 0 Å². The average molecular weight is 214 g/mol. The minimum Gasteiger partial charge on any atom is -0.481 e. The fraction of sp³-hybridized carbons (Fsp3) is 0.800. The third-order valence-corrected chi connectivity index (χ3v) is 2.93. The zero-order chi connectivity index (χ0) is 11.4. The lowest BCUT2D eigenvalue weighted by Crippen LogP contribution is -2.41. The van der Waals surface area contributed by atoms with Gasteiger partial charge in [0, 0.05) is 6.54 Å². The van der Waals surface area contributed by atoms with Crippen LogP contribution in [0.15, 0.2) is 0 Å². The molecule has 0 spiro atoms. The van der Waals surface area contributed by atoms with E-state index >= 15 is 0 Å². The van der Waals surface area contributed by atoms with Crippen LogP contribution in [0.5, 0.6) is 0 Å². The van der Waals surface area contributed by atoms with Crippen molar-refractivity contribution >= 4 is 11.9 Å². The van der Waals surface area contributed by atoms with Crippen molar-refractivity contribution in [2.24, 2.45) is 17.6 Å². The van der Waals surface area contributed by atoms with Gasteiger partial charge in [0.05, 0.1) is 12.0 Å². The van der Waals surface area contributed by atoms with Crippen LogP contribution in [0.1, 0.15) is 26.2 Å². The SMILES string of the molecule is C[C@H](N)C(=O)NCC1CCCC1C(=O)O. The van der Waals surface area contributed by atoms with Crippen LogP contribution in [0.2, 0.25) is 0 Å². The van der Waals surface area contributed by atoms with E-state index in [-0.39, 0.29) is 17.7 Å². The number of rotatable bonds is 4. The van der Waals surface area contributed by atoms with E-state index in [0.717, 1.165) is 12.8 Å². The Labute approximate surface area is 89.0 Å². The van der Waals surface area contributed by atoms with E-state index in [4.69, 9.17) is 10.8 Å². The Kier molecular flexibility index (Phi) is 4.08. The molecule has 2 unspecified atom stereocenters. The average Bonchev–Trinajstić information content (AvgIpc) is 2.61. The summed E-state index contributed by atoms with van der Waals surface area (Å²) in [6.07, 6.45) is 2.51. The monoisotopic (exact) mass is 214 g/mol. The number of nitrogens with one attached hydrogen (secondary N) is 1. The van der Waals surface area contributed by atoms with Gasteiger partial charge in [0.1, 0.15) is 0 Å². The molecule has 0 bridgehead atoms. The number of carbonyl (C=O) groups is 2. The van der Waals surface area contributed by atoms with Gasteiger partial charge < -0.3 is 16.2 Å². The highest BCUT2D eigenvalue weighted by molar-refractivity contribution is 5.81. The lowest BCUT2D eigenvalue weighted by atomic mass is 9.96. The van der Waals surface area contributed by atoms with Gasteiger partial charge in [0.25, 0.3) is 0 Å². The van der Waals surface area contributed by atoms with Crippen molar-refractivity contribution in [2.75, 3.05) is 6.54 Å². The lowest BCUT2D eigenvalue weighted by molar-refractivity contribution is -0.143. The van der Waals surface area contributed by atoms with Gasteiger partial charge in [-0.3, -0.25) is 9.59 Å². The van der Waals surface area contributed by atoms with Crippen molar-refractivity contribution in [1.82, 2.24) is 5.32 Å². The second kappa shape index (κ2) is 5.11. The maximum atomic E-state index is 11.2. The molecular weight excluding hydrogens is 196 g/mol. The van der Waals surface area contributed by atoms with Crippen molar-refractivity contribution in [1.29, 1.82) is 0 Å². The molecule has 0 aromatic rings. The Hall–Kier alpha value is -1.10. The van der Waals surface area contributed by atoms with Crippen LogP contribution in [-0.4, -0.2) is 29.6 Å². The standard InChI is InChI=1S/C10H18N2O3/c1-6(11)9(13)12-5-7-3-2-4-8(7)10(14)15/h6-8H,2-5,11H2,1H3,(H,12,13)(H,14,15)/t6-,7?,8?/m0/s1. The van der Waals surface area contributed by atoms with E-state index in [1.54, 1.807) is 6.92 Å². The molecular formula is C10H18N2O3. The Bertz CT molecular complexity index is 253. The van der Waals surface area contributed by atoms with Gasteiger partial charge in [-0.15, -0.1) is 0 Å². The van der Waals surface area contributed by atoms with Crippen LogP contribution in [0.4, 0.5) is 0 Å². The van der Waals surface area contributed by atoms with Crippen molar-refractivity contribution in [3.8, 4) is 0 Å². The summed E-state index contributed by atoms with van der Waals surface area (Å²) >= 11 is 0. The number of amides is 1. The topological polar surface area (TPSA) is 92.4 Å². The fourth-order valence-electron chi connectivity index (χ4n) is 2.00. The summed E-state index contributed by atoms with van der Waals surface area (Å²) in [5.74, 6) is -1.22. The largest absolute Gasteiger partial charge is 0.481 e. The Morgan fingerprint density at radius 3 is 2.73 bits per heavy atom. The van der Waals surface area contributed by atoms with Crippen LogP contribution < -0.4 is 11.1 Å². The summed E-state index contributed by atoms with van der Waals surface area (Å²) in [5, 5.41) is 11.6. The highest BCUT2D eigenvalue weighted by atomic mass is 16.4. The number of hydrogen-bond acceptors (Lipinski definition) is 3. The highest BCUT2D eigenvalue weighted by Crippen LogP contribution is 2.31. The van der Waals surface area contributed by atoms with Crippen LogP contribution in [0.3, 0.4) is 0 Å². The van der Waals surface area contributed by atoms with E-state index in [2.05, 4.69) is 5.32 Å². The molecule has 86 valence electrons. The van der Waals surface area contributed by atoms with Gasteiger partial charge in [-0.05, 0) is 25.7 Å². The van der Waals surface area contributed by atoms with Crippen LogP contribution >= 0.6 is 0 Å². The number of carboxylic acids is 1. The molecule has 4 N–H and O–H groups in total. The molecule has 0 aromatic carbocycles. The van der Waals surface area contributed by atoms with Crippen LogP contribution in [-0.2, 0) is 9.59 Å². The van der Waals surface area contributed by atoms with Gasteiger partial charge in [0.15, 0.2) is 0 Å². The number of aliphatic carboxylic acids is 1. The van der Waals surface area contributed by atoms with Gasteiger partial charge in [-0.2, -0.15) is 0 Å². The third-order valence-electron chi connectivity index (χ3n) is 2.93. The summed E-state index contributed by atoms with van der Waals surface area (Å²) < 4.78 is 0. The van der Waals surface area contributed by atoms with Crippen molar-refractivity contribution in [3.05, 3.63) is 0 Å². The molecule has 0 radical (unpaired) electrons. The molecule has 3 atom stereocenters. The van der Waals surface area contributed by atoms with Crippen molar-refractivity contribution in [3.63, 3.8) is 0 Å². The van der Waals surface area contributed by atoms with Crippen LogP contribution in [0, 0.1) is 11.8 Å². The predicted octanol–water partition coefficient (Wildman–Crippen LogP) is -0.0493. The second-order valence-corrected chi connectivity index (χ2v) is 4.17. The Morgan fingerprint density at radius 1 is 1.53 bits per heavy atom.